The maximum absolute atomic E-state index is 12.3. The van der Waals surface area contributed by atoms with Crippen molar-refractivity contribution in [3.8, 4) is 0 Å². The molecule has 2 aromatic carbocycles. The van der Waals surface area contributed by atoms with Crippen molar-refractivity contribution in [1.29, 1.82) is 0 Å². The summed E-state index contributed by atoms with van der Waals surface area (Å²) in [6.07, 6.45) is 4.40. The van der Waals surface area contributed by atoms with E-state index in [1.165, 1.54) is 16.5 Å². The molecule has 0 aliphatic heterocycles. The highest BCUT2D eigenvalue weighted by molar-refractivity contribution is 5.84. The molecule has 0 saturated heterocycles. The lowest BCUT2D eigenvalue weighted by Crippen LogP contribution is -2.27. The van der Waals surface area contributed by atoms with Crippen molar-refractivity contribution in [3.05, 3.63) is 66.1 Å². The molecule has 0 radical (unpaired) electrons. The van der Waals surface area contributed by atoms with Gasteiger partial charge in [0.15, 0.2) is 0 Å². The van der Waals surface area contributed by atoms with Crippen LogP contribution in [0.1, 0.15) is 37.2 Å². The number of aromatic amines is 1. The Labute approximate surface area is 158 Å². The standard InChI is InChI=1S/C22H24N4O/c1-15(22-24-18-10-4-5-11-19(18)25-22)23-21(27)13-7-8-16-14-26(2)20-12-6-3-9-17(16)20/h3-6,9-12,14-15H,7-8,13H2,1-2H3,(H,23,27)(H,24,25). The van der Waals surface area contributed by atoms with E-state index in [1.807, 2.05) is 31.2 Å². The number of hydrogen-bond acceptors (Lipinski definition) is 2. The molecule has 2 heterocycles. The molecule has 1 atom stereocenters. The van der Waals surface area contributed by atoms with Crippen LogP contribution in [0.15, 0.2) is 54.7 Å². The first-order chi connectivity index (χ1) is 13.1. The highest BCUT2D eigenvalue weighted by atomic mass is 16.1. The Morgan fingerprint density at radius 1 is 1.19 bits per heavy atom. The van der Waals surface area contributed by atoms with Gasteiger partial charge in [-0.3, -0.25) is 4.79 Å². The molecule has 0 aliphatic rings. The molecule has 1 unspecified atom stereocenters. The minimum Gasteiger partial charge on any atom is -0.350 e. The highest BCUT2D eigenvalue weighted by Crippen LogP contribution is 2.22. The van der Waals surface area contributed by atoms with Crippen LogP contribution in [-0.2, 0) is 18.3 Å². The van der Waals surface area contributed by atoms with E-state index in [2.05, 4.69) is 57.4 Å². The van der Waals surface area contributed by atoms with Crippen LogP contribution in [0.25, 0.3) is 21.9 Å². The summed E-state index contributed by atoms with van der Waals surface area (Å²) < 4.78 is 2.15. The van der Waals surface area contributed by atoms with Gasteiger partial charge in [-0.25, -0.2) is 4.98 Å². The second kappa shape index (κ2) is 7.27. The number of nitrogens with one attached hydrogen (secondary N) is 2. The summed E-state index contributed by atoms with van der Waals surface area (Å²) in [5.74, 6) is 0.849. The maximum Gasteiger partial charge on any atom is 0.220 e. The molecule has 138 valence electrons. The number of benzene rings is 2. The fraction of sp³-hybridized carbons (Fsp3) is 0.273. The van der Waals surface area contributed by atoms with Crippen molar-refractivity contribution >= 4 is 27.8 Å². The Balaban J connectivity index is 1.34. The van der Waals surface area contributed by atoms with Crippen molar-refractivity contribution in [1.82, 2.24) is 19.9 Å². The van der Waals surface area contributed by atoms with E-state index in [-0.39, 0.29) is 11.9 Å². The first-order valence-electron chi connectivity index (χ1n) is 9.39. The van der Waals surface area contributed by atoms with Crippen molar-refractivity contribution in [2.24, 2.45) is 7.05 Å². The van der Waals surface area contributed by atoms with Crippen LogP contribution >= 0.6 is 0 Å². The van der Waals surface area contributed by atoms with E-state index in [9.17, 15) is 4.79 Å². The lowest BCUT2D eigenvalue weighted by atomic mass is 10.1. The van der Waals surface area contributed by atoms with Crippen LogP contribution in [0.3, 0.4) is 0 Å². The van der Waals surface area contributed by atoms with Gasteiger partial charge in [0, 0.05) is 30.6 Å². The van der Waals surface area contributed by atoms with Crippen LogP contribution in [0.4, 0.5) is 0 Å². The van der Waals surface area contributed by atoms with Gasteiger partial charge >= 0.3 is 0 Å². The van der Waals surface area contributed by atoms with Gasteiger partial charge in [-0.05, 0) is 43.5 Å². The molecule has 0 fully saturated rings. The van der Waals surface area contributed by atoms with E-state index >= 15 is 0 Å². The van der Waals surface area contributed by atoms with Crippen molar-refractivity contribution in [3.63, 3.8) is 0 Å². The third kappa shape index (κ3) is 3.58. The van der Waals surface area contributed by atoms with Gasteiger partial charge in [0.25, 0.3) is 0 Å². The van der Waals surface area contributed by atoms with E-state index < -0.39 is 0 Å². The number of aromatic nitrogens is 3. The lowest BCUT2D eigenvalue weighted by Gasteiger charge is -2.11. The number of hydrogen-bond donors (Lipinski definition) is 2. The first kappa shape index (κ1) is 17.3. The van der Waals surface area contributed by atoms with Gasteiger partial charge in [0.2, 0.25) is 5.91 Å². The predicted octanol–water partition coefficient (Wildman–Crippen LogP) is 4.25. The minimum atomic E-state index is -0.137. The summed E-state index contributed by atoms with van der Waals surface area (Å²) in [7, 11) is 2.06. The smallest absolute Gasteiger partial charge is 0.220 e. The minimum absolute atomic E-state index is 0.0585. The zero-order chi connectivity index (χ0) is 18.8. The number of H-pyrrole nitrogens is 1. The Morgan fingerprint density at radius 3 is 2.81 bits per heavy atom. The van der Waals surface area contributed by atoms with E-state index in [0.29, 0.717) is 6.42 Å². The molecule has 2 aromatic heterocycles. The largest absolute Gasteiger partial charge is 0.350 e. The average molecular weight is 360 g/mol. The molecule has 4 aromatic rings. The zero-order valence-corrected chi connectivity index (χ0v) is 15.7. The van der Waals surface area contributed by atoms with Crippen LogP contribution in [0.5, 0.6) is 0 Å². The summed E-state index contributed by atoms with van der Waals surface area (Å²) >= 11 is 0. The predicted molar refractivity (Wildman–Crippen MR) is 109 cm³/mol. The van der Waals surface area contributed by atoms with E-state index in [1.54, 1.807) is 0 Å². The maximum atomic E-state index is 12.3. The van der Waals surface area contributed by atoms with Crippen LogP contribution in [-0.4, -0.2) is 20.4 Å². The summed E-state index contributed by atoms with van der Waals surface area (Å²) in [6, 6.07) is 16.1. The number of aryl methyl sites for hydroxylation is 2. The monoisotopic (exact) mass is 360 g/mol. The average Bonchev–Trinajstić information content (AvgIpc) is 3.24. The summed E-state index contributed by atoms with van der Waals surface area (Å²) in [5.41, 5.74) is 4.44. The van der Waals surface area contributed by atoms with E-state index in [4.69, 9.17) is 0 Å². The zero-order valence-electron chi connectivity index (χ0n) is 15.7. The van der Waals surface area contributed by atoms with Crippen LogP contribution < -0.4 is 5.32 Å². The van der Waals surface area contributed by atoms with Gasteiger partial charge < -0.3 is 14.9 Å². The number of fused-ring (bicyclic) bond motifs is 2. The summed E-state index contributed by atoms with van der Waals surface area (Å²) in [4.78, 5) is 20.2. The topological polar surface area (TPSA) is 62.7 Å². The van der Waals surface area contributed by atoms with Gasteiger partial charge in [-0.15, -0.1) is 0 Å². The summed E-state index contributed by atoms with van der Waals surface area (Å²) in [5, 5.41) is 4.32. The number of nitrogens with zero attached hydrogens (tertiary/aromatic N) is 2. The molecule has 1 amide bonds. The molecule has 5 heteroatoms. The van der Waals surface area contributed by atoms with Gasteiger partial charge in [0.05, 0.1) is 17.1 Å². The normalized spacial score (nSPS) is 12.5. The van der Waals surface area contributed by atoms with Gasteiger partial charge in [-0.2, -0.15) is 0 Å². The highest BCUT2D eigenvalue weighted by Gasteiger charge is 2.14. The van der Waals surface area contributed by atoms with Gasteiger partial charge in [0.1, 0.15) is 5.82 Å². The van der Waals surface area contributed by atoms with Crippen LogP contribution in [0.2, 0.25) is 0 Å². The Bertz CT molecular complexity index is 1060. The summed E-state index contributed by atoms with van der Waals surface area (Å²) in [6.45, 7) is 1.96. The second-order valence-electron chi connectivity index (χ2n) is 7.06. The quantitative estimate of drug-likeness (QED) is 0.540. The number of carbonyl (C=O) groups excluding carboxylic acids is 1. The van der Waals surface area contributed by atoms with Crippen molar-refractivity contribution in [2.45, 2.75) is 32.2 Å². The molecule has 0 aliphatic carbocycles. The molecular formula is C22H24N4O. The fourth-order valence-electron chi connectivity index (χ4n) is 3.62. The number of amides is 1. The fourth-order valence-corrected chi connectivity index (χ4v) is 3.62. The number of imidazole rings is 1. The SMILES string of the molecule is CC(NC(=O)CCCc1cn(C)c2ccccc12)c1nc2ccccc2[nH]1. The Morgan fingerprint density at radius 2 is 1.96 bits per heavy atom. The molecule has 4 rings (SSSR count). The lowest BCUT2D eigenvalue weighted by molar-refractivity contribution is -0.121. The van der Waals surface area contributed by atoms with Gasteiger partial charge in [-0.1, -0.05) is 30.3 Å². The third-order valence-corrected chi connectivity index (χ3v) is 5.02. The Kier molecular flexibility index (Phi) is 4.67. The molecule has 0 spiro atoms. The van der Waals surface area contributed by atoms with E-state index in [0.717, 1.165) is 29.7 Å². The number of rotatable bonds is 6. The van der Waals surface area contributed by atoms with Crippen molar-refractivity contribution < 1.29 is 4.79 Å². The third-order valence-electron chi connectivity index (χ3n) is 5.02. The molecule has 2 N–H and O–H groups in total. The van der Waals surface area contributed by atoms with Crippen LogP contribution in [0, 0.1) is 0 Å². The second-order valence-corrected chi connectivity index (χ2v) is 7.06. The number of para-hydroxylation sites is 3. The molecule has 5 nitrogen and oxygen atoms in total. The molecule has 0 saturated carbocycles. The van der Waals surface area contributed by atoms with Crippen molar-refractivity contribution in [2.75, 3.05) is 0 Å². The first-order valence-corrected chi connectivity index (χ1v) is 9.39. The molecule has 27 heavy (non-hydrogen) atoms. The number of carbonyl (C=O) groups is 1. The Hall–Kier alpha value is -3.08. The molecule has 0 bridgehead atoms. The molecular weight excluding hydrogens is 336 g/mol.